The Bertz CT molecular complexity index is 1210. The minimum atomic E-state index is -0.331. The second-order valence-electron chi connectivity index (χ2n) is 7.60. The standard InChI is InChI=1S/C25H24BrN3O4/c1-3-32-17-13-11-16(12-14-17)27-25(31)23-15(2)22-20(9-6-10-21(22)33-23)28-29-24(30)18-7-4-5-8-19(18)26/h4-5,7-8,11-14H,3,6,9-10H2,1-2H3,(H,27,31)(H,29,30)/b28-20+. The first kappa shape index (κ1) is 22.8. The zero-order chi connectivity index (χ0) is 23.4. The summed E-state index contributed by atoms with van der Waals surface area (Å²) in [5, 5.41) is 7.24. The third-order valence-corrected chi connectivity index (χ3v) is 6.06. The number of nitrogens with one attached hydrogen (secondary N) is 2. The van der Waals surface area contributed by atoms with Gasteiger partial charge in [-0.05, 0) is 79.0 Å². The molecule has 4 rings (SSSR count). The molecule has 3 aromatic rings. The van der Waals surface area contributed by atoms with E-state index in [2.05, 4.69) is 31.8 Å². The molecule has 1 aliphatic rings. The molecular formula is C25H24BrN3O4. The highest BCUT2D eigenvalue weighted by Gasteiger charge is 2.28. The first-order valence-electron chi connectivity index (χ1n) is 10.8. The Kier molecular flexibility index (Phi) is 6.93. The van der Waals surface area contributed by atoms with Crippen molar-refractivity contribution in [2.75, 3.05) is 11.9 Å². The van der Waals surface area contributed by atoms with Gasteiger partial charge >= 0.3 is 0 Å². The van der Waals surface area contributed by atoms with Gasteiger partial charge in [-0.1, -0.05) is 12.1 Å². The Morgan fingerprint density at radius 2 is 1.85 bits per heavy atom. The van der Waals surface area contributed by atoms with Crippen molar-refractivity contribution in [3.63, 3.8) is 0 Å². The molecule has 2 amide bonds. The first-order chi connectivity index (χ1) is 16.0. The van der Waals surface area contributed by atoms with E-state index in [1.54, 1.807) is 42.5 Å². The number of carbonyl (C=O) groups excluding carboxylic acids is 2. The van der Waals surface area contributed by atoms with Crippen LogP contribution in [0.4, 0.5) is 5.69 Å². The quantitative estimate of drug-likeness (QED) is 0.430. The second kappa shape index (κ2) is 10.0. The van der Waals surface area contributed by atoms with Crippen molar-refractivity contribution in [1.82, 2.24) is 5.43 Å². The summed E-state index contributed by atoms with van der Waals surface area (Å²) in [7, 11) is 0. The van der Waals surface area contributed by atoms with Crippen molar-refractivity contribution < 1.29 is 18.7 Å². The van der Waals surface area contributed by atoms with E-state index in [4.69, 9.17) is 9.15 Å². The highest BCUT2D eigenvalue weighted by molar-refractivity contribution is 9.10. The van der Waals surface area contributed by atoms with Gasteiger partial charge in [0, 0.05) is 27.7 Å². The van der Waals surface area contributed by atoms with Crippen LogP contribution in [-0.4, -0.2) is 24.1 Å². The zero-order valence-electron chi connectivity index (χ0n) is 18.4. The molecule has 0 radical (unpaired) electrons. The molecule has 0 aliphatic heterocycles. The van der Waals surface area contributed by atoms with Crippen LogP contribution in [0.1, 0.15) is 57.6 Å². The summed E-state index contributed by atoms with van der Waals surface area (Å²) in [6.07, 6.45) is 2.22. The number of halogens is 1. The van der Waals surface area contributed by atoms with Crippen LogP contribution in [0.2, 0.25) is 0 Å². The minimum Gasteiger partial charge on any atom is -0.494 e. The van der Waals surface area contributed by atoms with Gasteiger partial charge in [0.2, 0.25) is 0 Å². The van der Waals surface area contributed by atoms with Crippen LogP contribution in [0.25, 0.3) is 0 Å². The number of fused-ring (bicyclic) bond motifs is 1. The lowest BCUT2D eigenvalue weighted by Gasteiger charge is -2.13. The third kappa shape index (κ3) is 5.01. The molecule has 0 spiro atoms. The van der Waals surface area contributed by atoms with E-state index in [9.17, 15) is 9.59 Å². The number of rotatable bonds is 6. The van der Waals surface area contributed by atoms with Crippen molar-refractivity contribution in [2.24, 2.45) is 5.10 Å². The lowest BCUT2D eigenvalue weighted by atomic mass is 9.93. The predicted octanol–water partition coefficient (Wildman–Crippen LogP) is 5.47. The van der Waals surface area contributed by atoms with Crippen LogP contribution >= 0.6 is 15.9 Å². The molecule has 0 fully saturated rings. The highest BCUT2D eigenvalue weighted by atomic mass is 79.9. The molecule has 1 heterocycles. The van der Waals surface area contributed by atoms with Crippen molar-refractivity contribution in [1.29, 1.82) is 0 Å². The molecule has 0 unspecified atom stereocenters. The molecule has 2 N–H and O–H groups in total. The van der Waals surface area contributed by atoms with Gasteiger partial charge in [0.1, 0.15) is 11.5 Å². The van der Waals surface area contributed by atoms with Gasteiger partial charge in [0.05, 0.1) is 17.9 Å². The van der Waals surface area contributed by atoms with Crippen molar-refractivity contribution in [3.05, 3.63) is 81.2 Å². The molecule has 1 aliphatic carbocycles. The van der Waals surface area contributed by atoms with E-state index in [-0.39, 0.29) is 17.6 Å². The normalized spacial score (nSPS) is 14.0. The highest BCUT2D eigenvalue weighted by Crippen LogP contribution is 2.30. The SMILES string of the molecule is CCOc1ccc(NC(=O)c2oc3c(c2C)/C(=N/NC(=O)c2ccccc2Br)CCC3)cc1. The topological polar surface area (TPSA) is 92.9 Å². The van der Waals surface area contributed by atoms with E-state index < -0.39 is 0 Å². The fraction of sp³-hybridized carbons (Fsp3) is 0.240. The number of hydrogen-bond donors (Lipinski definition) is 2. The number of hydrazone groups is 1. The molecule has 2 aromatic carbocycles. The second-order valence-corrected chi connectivity index (χ2v) is 8.45. The zero-order valence-corrected chi connectivity index (χ0v) is 20.0. The van der Waals surface area contributed by atoms with Crippen molar-refractivity contribution >= 4 is 39.1 Å². The lowest BCUT2D eigenvalue weighted by molar-refractivity contribution is 0.0952. The van der Waals surface area contributed by atoms with Gasteiger partial charge in [-0.3, -0.25) is 9.59 Å². The maximum atomic E-state index is 12.9. The summed E-state index contributed by atoms with van der Waals surface area (Å²) in [4.78, 5) is 25.4. The van der Waals surface area contributed by atoms with Gasteiger partial charge in [0.25, 0.3) is 11.8 Å². The summed E-state index contributed by atoms with van der Waals surface area (Å²) in [6, 6.07) is 14.3. The Morgan fingerprint density at radius 1 is 1.09 bits per heavy atom. The summed E-state index contributed by atoms with van der Waals surface area (Å²) in [6.45, 7) is 4.34. The number of carbonyl (C=O) groups is 2. The van der Waals surface area contributed by atoms with Gasteiger partial charge < -0.3 is 14.5 Å². The van der Waals surface area contributed by atoms with E-state index >= 15 is 0 Å². The van der Waals surface area contributed by atoms with E-state index in [0.717, 1.165) is 17.7 Å². The van der Waals surface area contributed by atoms with Crippen LogP contribution in [-0.2, 0) is 6.42 Å². The van der Waals surface area contributed by atoms with Gasteiger partial charge in [-0.2, -0.15) is 5.10 Å². The van der Waals surface area contributed by atoms with Crippen LogP contribution in [0, 0.1) is 6.92 Å². The maximum absolute atomic E-state index is 12.9. The summed E-state index contributed by atoms with van der Waals surface area (Å²) >= 11 is 3.38. The smallest absolute Gasteiger partial charge is 0.291 e. The van der Waals surface area contributed by atoms with Crippen molar-refractivity contribution in [3.8, 4) is 5.75 Å². The summed E-state index contributed by atoms with van der Waals surface area (Å²) in [5.41, 5.74) is 5.99. The van der Waals surface area contributed by atoms with E-state index in [1.807, 2.05) is 19.9 Å². The monoisotopic (exact) mass is 509 g/mol. The summed E-state index contributed by atoms with van der Waals surface area (Å²) in [5.74, 6) is 1.06. The van der Waals surface area contributed by atoms with Gasteiger partial charge in [-0.25, -0.2) is 5.43 Å². The molecule has 170 valence electrons. The van der Waals surface area contributed by atoms with Gasteiger partial charge in [-0.15, -0.1) is 0 Å². The van der Waals surface area contributed by atoms with E-state index in [0.29, 0.717) is 52.2 Å². The third-order valence-electron chi connectivity index (χ3n) is 5.37. The molecule has 0 bridgehead atoms. The number of hydrogen-bond acceptors (Lipinski definition) is 5. The Labute approximate surface area is 200 Å². The maximum Gasteiger partial charge on any atom is 0.291 e. The van der Waals surface area contributed by atoms with Crippen LogP contribution in [0.3, 0.4) is 0 Å². The molecule has 1 aromatic heterocycles. The molecule has 0 atom stereocenters. The number of furan rings is 1. The fourth-order valence-electron chi connectivity index (χ4n) is 3.81. The van der Waals surface area contributed by atoms with Crippen LogP contribution in [0.5, 0.6) is 5.75 Å². The Hall–Kier alpha value is -3.39. The van der Waals surface area contributed by atoms with Crippen LogP contribution in [0.15, 0.2) is 62.5 Å². The average molecular weight is 510 g/mol. The molecular weight excluding hydrogens is 486 g/mol. The molecule has 7 nitrogen and oxygen atoms in total. The van der Waals surface area contributed by atoms with Crippen molar-refractivity contribution in [2.45, 2.75) is 33.1 Å². The minimum absolute atomic E-state index is 0.251. The number of amides is 2. The predicted molar refractivity (Wildman–Crippen MR) is 130 cm³/mol. The number of benzene rings is 2. The number of aryl methyl sites for hydroxylation is 1. The van der Waals surface area contributed by atoms with E-state index in [1.165, 1.54) is 0 Å². The fourth-order valence-corrected chi connectivity index (χ4v) is 4.27. The molecule has 0 saturated carbocycles. The number of anilines is 1. The number of nitrogens with zero attached hydrogens (tertiary/aromatic N) is 1. The Balaban J connectivity index is 1.53. The summed E-state index contributed by atoms with van der Waals surface area (Å²) < 4.78 is 12.1. The average Bonchev–Trinajstić information content (AvgIpc) is 3.16. The number of ether oxygens (including phenoxy) is 1. The largest absolute Gasteiger partial charge is 0.494 e. The lowest BCUT2D eigenvalue weighted by Crippen LogP contribution is -2.22. The molecule has 33 heavy (non-hydrogen) atoms. The van der Waals surface area contributed by atoms with Crippen LogP contribution < -0.4 is 15.5 Å². The first-order valence-corrected chi connectivity index (χ1v) is 11.6. The Morgan fingerprint density at radius 3 is 2.58 bits per heavy atom. The molecule has 0 saturated heterocycles. The molecule has 8 heteroatoms. The van der Waals surface area contributed by atoms with Gasteiger partial charge in [0.15, 0.2) is 5.76 Å².